The molecule has 0 aromatic heterocycles. The highest BCUT2D eigenvalue weighted by Gasteiger charge is 2.24. The summed E-state index contributed by atoms with van der Waals surface area (Å²) in [7, 11) is 1.30. The highest BCUT2D eigenvalue weighted by Crippen LogP contribution is 2.38. The fraction of sp³-hybridized carbons (Fsp3) is 0.936. The zero-order valence-corrected chi connectivity index (χ0v) is 38.7. The van der Waals surface area contributed by atoms with E-state index in [-0.39, 0.29) is 19.1 Å². The molecular formula is C47H95N2O6P. The molecule has 3 atom stereocenters. The highest BCUT2D eigenvalue weighted by atomic mass is 31.2. The molecule has 56 heavy (non-hydrogen) atoms. The predicted octanol–water partition coefficient (Wildman–Crippen LogP) is 12.9. The Kier molecular flexibility index (Phi) is 39.1. The van der Waals surface area contributed by atoms with Crippen molar-refractivity contribution in [1.82, 2.24) is 5.32 Å². The van der Waals surface area contributed by atoms with E-state index < -0.39 is 20.0 Å². The van der Waals surface area contributed by atoms with Gasteiger partial charge in [0.05, 0.1) is 39.9 Å². The molecule has 0 fully saturated rings. The number of likely N-dealkylation sites (N-methyl/N-ethyl adjacent to an activating group) is 1. The van der Waals surface area contributed by atoms with Gasteiger partial charge >= 0.3 is 0 Å². The largest absolute Gasteiger partial charge is 0.756 e. The first-order valence-corrected chi connectivity index (χ1v) is 25.5. The number of nitrogens with one attached hydrogen (secondary N) is 1. The molecule has 8 nitrogen and oxygen atoms in total. The smallest absolute Gasteiger partial charge is 0.268 e. The number of phosphoric acid groups is 1. The SMILES string of the molecule is CCCCCCCCCCCCC/C=C/CCCC[C@@H](O)[C@H](COP(=O)([O-])OCC[N+](C)(C)C)NC(=O)CCCCCCCCCCCCCCCCCCC. The number of carbonyl (C=O) groups is 1. The minimum absolute atomic E-state index is 0.00986. The summed E-state index contributed by atoms with van der Waals surface area (Å²) < 4.78 is 23.3. The van der Waals surface area contributed by atoms with Gasteiger partial charge in [-0.15, -0.1) is 0 Å². The standard InChI is InChI=1S/C47H95N2O6P/c1-6-8-10-12-14-16-18-20-22-24-26-28-30-32-34-36-38-40-46(50)45(44-55-56(52,53)54-43-42-49(3,4)5)48-47(51)41-39-37-35-33-31-29-27-25-23-21-19-17-15-13-11-9-7-2/h30,32,45-46,50H,6-29,31,33-44H2,1-5H3,(H-,48,51,52,53)/b32-30+/t45-,46+/m0/s1. The van der Waals surface area contributed by atoms with Crippen LogP contribution in [0.4, 0.5) is 0 Å². The maximum absolute atomic E-state index is 12.9. The van der Waals surface area contributed by atoms with E-state index in [9.17, 15) is 19.4 Å². The Morgan fingerprint density at radius 3 is 1.39 bits per heavy atom. The van der Waals surface area contributed by atoms with E-state index in [1.54, 1.807) is 0 Å². The molecule has 0 bridgehead atoms. The third-order valence-electron chi connectivity index (χ3n) is 11.0. The van der Waals surface area contributed by atoms with Crippen LogP contribution in [0.3, 0.4) is 0 Å². The lowest BCUT2D eigenvalue weighted by molar-refractivity contribution is -0.870. The van der Waals surface area contributed by atoms with Crippen LogP contribution in [0.1, 0.15) is 232 Å². The van der Waals surface area contributed by atoms with E-state index in [1.807, 2.05) is 21.1 Å². The number of amides is 1. The van der Waals surface area contributed by atoms with E-state index >= 15 is 0 Å². The number of unbranched alkanes of at least 4 members (excludes halogenated alkanes) is 29. The topological polar surface area (TPSA) is 108 Å². The first-order chi connectivity index (χ1) is 27.0. The molecule has 0 aliphatic heterocycles. The van der Waals surface area contributed by atoms with Gasteiger partial charge in [0.1, 0.15) is 13.2 Å². The van der Waals surface area contributed by atoms with Gasteiger partial charge in [0.2, 0.25) is 5.91 Å². The van der Waals surface area contributed by atoms with E-state index in [1.165, 1.54) is 161 Å². The Morgan fingerprint density at radius 2 is 0.982 bits per heavy atom. The van der Waals surface area contributed by atoms with Gasteiger partial charge in [0.15, 0.2) is 0 Å². The van der Waals surface area contributed by atoms with Crippen molar-refractivity contribution in [3.8, 4) is 0 Å². The van der Waals surface area contributed by atoms with Crippen molar-refractivity contribution >= 4 is 13.7 Å². The molecule has 0 aromatic carbocycles. The molecule has 2 N–H and O–H groups in total. The number of nitrogens with zero attached hydrogens (tertiary/aromatic N) is 1. The summed E-state index contributed by atoms with van der Waals surface area (Å²) >= 11 is 0. The minimum atomic E-state index is -4.57. The summed E-state index contributed by atoms with van der Waals surface area (Å²) in [4.78, 5) is 25.4. The van der Waals surface area contributed by atoms with Gasteiger partial charge in [0, 0.05) is 6.42 Å². The van der Waals surface area contributed by atoms with Gasteiger partial charge in [-0.2, -0.15) is 0 Å². The third-order valence-corrected chi connectivity index (χ3v) is 12.0. The average molecular weight is 815 g/mol. The highest BCUT2D eigenvalue weighted by molar-refractivity contribution is 7.45. The summed E-state index contributed by atoms with van der Waals surface area (Å²) in [6.07, 6.45) is 45.0. The van der Waals surface area contributed by atoms with Crippen LogP contribution in [0.2, 0.25) is 0 Å². The van der Waals surface area contributed by atoms with Crippen molar-refractivity contribution < 1.29 is 32.9 Å². The molecule has 0 saturated heterocycles. The number of aliphatic hydroxyl groups is 1. The van der Waals surface area contributed by atoms with Crippen LogP contribution in [0.5, 0.6) is 0 Å². The summed E-state index contributed by atoms with van der Waals surface area (Å²) in [5, 5.41) is 13.9. The van der Waals surface area contributed by atoms with Crippen molar-refractivity contribution in [3.05, 3.63) is 12.2 Å². The van der Waals surface area contributed by atoms with Crippen LogP contribution in [-0.2, 0) is 18.4 Å². The maximum Gasteiger partial charge on any atom is 0.268 e. The maximum atomic E-state index is 12.9. The number of quaternary nitrogens is 1. The van der Waals surface area contributed by atoms with E-state index in [2.05, 4.69) is 31.3 Å². The lowest BCUT2D eigenvalue weighted by Gasteiger charge is -2.30. The molecule has 334 valence electrons. The lowest BCUT2D eigenvalue weighted by atomic mass is 10.0. The quantitative estimate of drug-likeness (QED) is 0.0274. The molecule has 0 aliphatic rings. The lowest BCUT2D eigenvalue weighted by Crippen LogP contribution is -2.46. The van der Waals surface area contributed by atoms with Crippen molar-refractivity contribution in [3.63, 3.8) is 0 Å². The van der Waals surface area contributed by atoms with Gasteiger partial charge < -0.3 is 28.8 Å². The van der Waals surface area contributed by atoms with Gasteiger partial charge in [-0.05, 0) is 38.5 Å². The summed E-state index contributed by atoms with van der Waals surface area (Å²) in [6.45, 7) is 4.72. The molecule has 0 spiro atoms. The number of allylic oxidation sites excluding steroid dienone is 2. The van der Waals surface area contributed by atoms with Crippen LogP contribution >= 0.6 is 7.82 Å². The molecule has 0 rings (SSSR count). The Bertz CT molecular complexity index is 927. The molecule has 0 aromatic rings. The van der Waals surface area contributed by atoms with Gasteiger partial charge in [0.25, 0.3) is 7.82 Å². The van der Waals surface area contributed by atoms with Crippen molar-refractivity contribution in [1.29, 1.82) is 0 Å². The zero-order valence-electron chi connectivity index (χ0n) is 37.9. The molecular weight excluding hydrogens is 719 g/mol. The second-order valence-corrected chi connectivity index (χ2v) is 19.2. The molecule has 9 heteroatoms. The van der Waals surface area contributed by atoms with E-state index in [0.717, 1.165) is 44.9 Å². The summed E-state index contributed by atoms with van der Waals surface area (Å²) in [5.41, 5.74) is 0. The zero-order chi connectivity index (χ0) is 41.4. The van der Waals surface area contributed by atoms with Crippen molar-refractivity contribution in [2.75, 3.05) is 40.9 Å². The van der Waals surface area contributed by atoms with Gasteiger partial charge in [-0.1, -0.05) is 199 Å². The minimum Gasteiger partial charge on any atom is -0.756 e. The summed E-state index contributed by atoms with van der Waals surface area (Å²) in [6, 6.07) is -0.811. The van der Waals surface area contributed by atoms with Crippen molar-refractivity contribution in [2.24, 2.45) is 0 Å². The van der Waals surface area contributed by atoms with E-state index in [0.29, 0.717) is 23.9 Å². The first-order valence-electron chi connectivity index (χ1n) is 24.0. The fourth-order valence-corrected chi connectivity index (χ4v) is 7.88. The molecule has 1 unspecified atom stereocenters. The van der Waals surface area contributed by atoms with E-state index in [4.69, 9.17) is 9.05 Å². The second-order valence-electron chi connectivity index (χ2n) is 17.8. The Labute approximate surface area is 348 Å². The molecule has 1 amide bonds. The summed E-state index contributed by atoms with van der Waals surface area (Å²) in [5.74, 6) is -0.171. The Balaban J connectivity index is 4.33. The second kappa shape index (κ2) is 39.7. The molecule has 0 heterocycles. The number of carbonyl (C=O) groups excluding carboxylic acids is 1. The molecule has 0 radical (unpaired) electrons. The van der Waals surface area contributed by atoms with Crippen LogP contribution in [-0.4, -0.2) is 68.5 Å². The number of hydrogen-bond donors (Lipinski definition) is 2. The number of hydrogen-bond acceptors (Lipinski definition) is 6. The van der Waals surface area contributed by atoms with Gasteiger partial charge in [-0.25, -0.2) is 0 Å². The molecule has 0 saturated carbocycles. The van der Waals surface area contributed by atoms with Crippen molar-refractivity contribution in [2.45, 2.75) is 244 Å². The monoisotopic (exact) mass is 815 g/mol. The normalized spacial score (nSPS) is 14.3. The van der Waals surface area contributed by atoms with Crippen LogP contribution < -0.4 is 10.2 Å². The number of phosphoric ester groups is 1. The third kappa shape index (κ3) is 41.4. The Hall–Kier alpha value is -0.760. The average Bonchev–Trinajstić information content (AvgIpc) is 3.15. The Morgan fingerprint density at radius 1 is 0.607 bits per heavy atom. The van der Waals surface area contributed by atoms with Crippen LogP contribution in [0.25, 0.3) is 0 Å². The first kappa shape index (κ1) is 55.2. The number of rotatable bonds is 44. The van der Waals surface area contributed by atoms with Gasteiger partial charge in [-0.3, -0.25) is 9.36 Å². The van der Waals surface area contributed by atoms with Crippen LogP contribution in [0, 0.1) is 0 Å². The predicted molar refractivity (Wildman–Crippen MR) is 238 cm³/mol. The van der Waals surface area contributed by atoms with Crippen LogP contribution in [0.15, 0.2) is 12.2 Å². The molecule has 0 aliphatic carbocycles. The fourth-order valence-electron chi connectivity index (χ4n) is 7.15. The number of aliphatic hydroxyl groups excluding tert-OH is 1.